The molecule has 0 fully saturated rings. The molecule has 1 N–H and O–H groups in total. The van der Waals surface area contributed by atoms with E-state index in [1.54, 1.807) is 0 Å². The molecular weight excluding hydrogens is 621 g/mol. The van der Waals surface area contributed by atoms with E-state index < -0.39 is 5.66 Å². The van der Waals surface area contributed by atoms with Crippen LogP contribution in [0.3, 0.4) is 0 Å². The average molecular weight is 655 g/mol. The van der Waals surface area contributed by atoms with Crippen LogP contribution in [0.5, 0.6) is 0 Å². The Morgan fingerprint density at radius 2 is 0.941 bits per heavy atom. The first-order chi connectivity index (χ1) is 25.1. The van der Waals surface area contributed by atoms with Crippen molar-refractivity contribution in [2.24, 2.45) is 4.99 Å². The SMILES string of the molecule is CC1(c2ccc(-n3c4ccccc4c4cc5c6ccccc6n(-c6ccccc6)c5cc43)cc2)N=C(c2ccccc2)C=C(c2ccccc2)N1. The van der Waals surface area contributed by atoms with Gasteiger partial charge in [0.25, 0.3) is 0 Å². The number of benzene rings is 7. The van der Waals surface area contributed by atoms with E-state index in [0.717, 1.165) is 39.5 Å². The number of para-hydroxylation sites is 3. The molecule has 0 saturated heterocycles. The summed E-state index contributed by atoms with van der Waals surface area (Å²) in [6.07, 6.45) is 2.16. The monoisotopic (exact) mass is 654 g/mol. The van der Waals surface area contributed by atoms with E-state index >= 15 is 0 Å². The first-order valence-electron chi connectivity index (χ1n) is 17.5. The molecule has 9 aromatic rings. The van der Waals surface area contributed by atoms with E-state index in [4.69, 9.17) is 4.99 Å². The number of allylic oxidation sites excluding steroid dienone is 1. The highest BCUT2D eigenvalue weighted by molar-refractivity contribution is 6.19. The van der Waals surface area contributed by atoms with Crippen molar-refractivity contribution in [3.05, 3.63) is 199 Å². The molecule has 242 valence electrons. The maximum Gasteiger partial charge on any atom is 0.153 e. The average Bonchev–Trinajstić information content (AvgIpc) is 3.70. The summed E-state index contributed by atoms with van der Waals surface area (Å²) in [5.41, 5.74) is 11.7. The van der Waals surface area contributed by atoms with Gasteiger partial charge in [0.05, 0.1) is 27.8 Å². The predicted molar refractivity (Wildman–Crippen MR) is 213 cm³/mol. The topological polar surface area (TPSA) is 34.2 Å². The fraction of sp³-hybridized carbons (Fsp3) is 0.0426. The molecule has 1 unspecified atom stereocenters. The van der Waals surface area contributed by atoms with Crippen molar-refractivity contribution in [3.8, 4) is 11.4 Å². The Hall–Kier alpha value is -6.65. The molecule has 1 aliphatic heterocycles. The van der Waals surface area contributed by atoms with Crippen LogP contribution < -0.4 is 5.32 Å². The van der Waals surface area contributed by atoms with E-state index in [1.165, 1.54) is 43.6 Å². The predicted octanol–water partition coefficient (Wildman–Crippen LogP) is 11.2. The number of nitrogens with one attached hydrogen (secondary N) is 1. The van der Waals surface area contributed by atoms with Gasteiger partial charge < -0.3 is 14.5 Å². The van der Waals surface area contributed by atoms with Crippen LogP contribution >= 0.6 is 0 Å². The van der Waals surface area contributed by atoms with Crippen molar-refractivity contribution < 1.29 is 0 Å². The second kappa shape index (κ2) is 11.5. The van der Waals surface area contributed by atoms with Gasteiger partial charge in [-0.2, -0.15) is 0 Å². The molecule has 0 radical (unpaired) electrons. The van der Waals surface area contributed by atoms with Crippen LogP contribution in [0.2, 0.25) is 0 Å². The van der Waals surface area contributed by atoms with E-state index in [-0.39, 0.29) is 0 Å². The maximum atomic E-state index is 5.34. The van der Waals surface area contributed by atoms with Crippen molar-refractivity contribution in [2.75, 3.05) is 0 Å². The van der Waals surface area contributed by atoms with Gasteiger partial charge in [0.15, 0.2) is 5.66 Å². The van der Waals surface area contributed by atoms with Crippen LogP contribution in [0, 0.1) is 0 Å². The Balaban J connectivity index is 1.14. The molecule has 1 aliphatic rings. The third-order valence-electron chi connectivity index (χ3n) is 10.3. The molecule has 2 aromatic heterocycles. The molecule has 0 bridgehead atoms. The minimum atomic E-state index is -0.673. The molecule has 4 heteroatoms. The number of rotatable bonds is 5. The quantitative estimate of drug-likeness (QED) is 0.197. The fourth-order valence-corrected chi connectivity index (χ4v) is 7.90. The molecule has 0 amide bonds. The minimum Gasteiger partial charge on any atom is -0.357 e. The van der Waals surface area contributed by atoms with Crippen molar-refractivity contribution in [2.45, 2.75) is 12.6 Å². The van der Waals surface area contributed by atoms with Gasteiger partial charge in [-0.3, -0.25) is 4.99 Å². The molecule has 4 nitrogen and oxygen atoms in total. The Kier molecular flexibility index (Phi) is 6.58. The van der Waals surface area contributed by atoms with E-state index in [2.05, 4.69) is 197 Å². The summed E-state index contributed by atoms with van der Waals surface area (Å²) in [5.74, 6) is 0. The molecule has 0 aliphatic carbocycles. The zero-order valence-corrected chi connectivity index (χ0v) is 28.2. The van der Waals surface area contributed by atoms with E-state index in [9.17, 15) is 0 Å². The first-order valence-corrected chi connectivity index (χ1v) is 17.5. The molecular formula is C47H34N4. The summed E-state index contributed by atoms with van der Waals surface area (Å²) in [5, 5.41) is 8.79. The highest BCUT2D eigenvalue weighted by Gasteiger charge is 2.31. The third kappa shape index (κ3) is 4.72. The van der Waals surface area contributed by atoms with E-state index in [0.29, 0.717) is 0 Å². The molecule has 3 heterocycles. The van der Waals surface area contributed by atoms with Gasteiger partial charge in [-0.1, -0.05) is 127 Å². The lowest BCUT2D eigenvalue weighted by atomic mass is 9.95. The van der Waals surface area contributed by atoms with Gasteiger partial charge in [-0.15, -0.1) is 0 Å². The van der Waals surface area contributed by atoms with Gasteiger partial charge in [-0.25, -0.2) is 0 Å². The summed E-state index contributed by atoms with van der Waals surface area (Å²) >= 11 is 0. The van der Waals surface area contributed by atoms with Crippen molar-refractivity contribution in [1.29, 1.82) is 0 Å². The number of hydrogen-bond donors (Lipinski definition) is 1. The Morgan fingerprint density at radius 1 is 0.451 bits per heavy atom. The minimum absolute atomic E-state index is 0.673. The standard InChI is InChI=1S/C47H34N4/c1-47(48-41(32-15-5-2-6-16-32)30-42(49-47)33-17-7-3-8-18-33)34-25-27-36(28-26-34)51-44-24-14-12-22-38(44)40-29-39-37-21-11-13-23-43(37)50(45(39)31-46(40)51)35-19-9-4-10-20-35/h2-31,48H,1H3. The lowest BCUT2D eigenvalue weighted by Crippen LogP contribution is -2.40. The van der Waals surface area contributed by atoms with Gasteiger partial charge >= 0.3 is 0 Å². The Bertz CT molecular complexity index is 2810. The van der Waals surface area contributed by atoms with Crippen molar-refractivity contribution >= 4 is 55.0 Å². The van der Waals surface area contributed by atoms with Gasteiger partial charge in [-0.05, 0) is 78.2 Å². The van der Waals surface area contributed by atoms with Crippen molar-refractivity contribution in [3.63, 3.8) is 0 Å². The number of aromatic nitrogens is 2. The number of aliphatic imine (C=N–C) groups is 1. The lowest BCUT2D eigenvalue weighted by Gasteiger charge is -2.34. The lowest BCUT2D eigenvalue weighted by molar-refractivity contribution is 0.447. The van der Waals surface area contributed by atoms with Gasteiger partial charge in [0.2, 0.25) is 0 Å². The molecule has 0 saturated carbocycles. The Morgan fingerprint density at radius 3 is 1.53 bits per heavy atom. The fourth-order valence-electron chi connectivity index (χ4n) is 7.90. The summed E-state index contributed by atoms with van der Waals surface area (Å²) < 4.78 is 4.80. The van der Waals surface area contributed by atoms with Crippen LogP contribution in [0.15, 0.2) is 187 Å². The van der Waals surface area contributed by atoms with Crippen LogP contribution in [0.25, 0.3) is 60.7 Å². The maximum absolute atomic E-state index is 5.34. The second-order valence-electron chi connectivity index (χ2n) is 13.5. The van der Waals surface area contributed by atoms with Crippen LogP contribution in [-0.4, -0.2) is 14.8 Å². The normalized spacial score (nSPS) is 16.0. The first kappa shape index (κ1) is 29.3. The molecule has 51 heavy (non-hydrogen) atoms. The molecule has 7 aromatic carbocycles. The zero-order chi connectivity index (χ0) is 33.9. The number of fused-ring (bicyclic) bond motifs is 6. The number of hydrogen-bond acceptors (Lipinski definition) is 2. The second-order valence-corrected chi connectivity index (χ2v) is 13.5. The summed E-state index contributed by atoms with van der Waals surface area (Å²) in [6.45, 7) is 2.17. The van der Waals surface area contributed by atoms with Crippen LogP contribution in [0.4, 0.5) is 0 Å². The zero-order valence-electron chi connectivity index (χ0n) is 28.2. The highest BCUT2D eigenvalue weighted by atomic mass is 15.2. The Labute approximate surface area is 296 Å². The van der Waals surface area contributed by atoms with Crippen molar-refractivity contribution in [1.82, 2.24) is 14.5 Å². The molecule has 1 atom stereocenters. The summed E-state index contributed by atoms with van der Waals surface area (Å²) in [6, 6.07) is 62.8. The smallest absolute Gasteiger partial charge is 0.153 e. The third-order valence-corrected chi connectivity index (χ3v) is 10.3. The highest BCUT2D eigenvalue weighted by Crippen LogP contribution is 2.40. The molecule has 0 spiro atoms. The van der Waals surface area contributed by atoms with Gasteiger partial charge in [0.1, 0.15) is 0 Å². The van der Waals surface area contributed by atoms with Crippen LogP contribution in [0.1, 0.15) is 23.6 Å². The number of nitrogens with zero attached hydrogens (tertiary/aromatic N) is 3. The van der Waals surface area contributed by atoms with E-state index in [1.807, 2.05) is 6.07 Å². The largest absolute Gasteiger partial charge is 0.357 e. The van der Waals surface area contributed by atoms with Gasteiger partial charge in [0, 0.05) is 38.6 Å². The van der Waals surface area contributed by atoms with Crippen LogP contribution in [-0.2, 0) is 5.66 Å². The summed E-state index contributed by atoms with van der Waals surface area (Å²) in [7, 11) is 0. The molecule has 10 rings (SSSR count). The summed E-state index contributed by atoms with van der Waals surface area (Å²) in [4.78, 5) is 5.34.